The second kappa shape index (κ2) is 6.73. The fourth-order valence-corrected chi connectivity index (χ4v) is 1.66. The highest BCUT2D eigenvalue weighted by Crippen LogP contribution is 2.28. The molecule has 1 aromatic carbocycles. The van der Waals surface area contributed by atoms with Crippen LogP contribution in [0.4, 0.5) is 0 Å². The lowest BCUT2D eigenvalue weighted by atomic mass is 10.2. The van der Waals surface area contributed by atoms with Crippen molar-refractivity contribution in [1.82, 2.24) is 0 Å². The second-order valence-corrected chi connectivity index (χ2v) is 4.80. The first-order chi connectivity index (χ1) is 8.78. The zero-order chi connectivity index (χ0) is 12.8. The normalized spacial score (nSPS) is 16.6. The van der Waals surface area contributed by atoms with E-state index in [1.165, 1.54) is 12.8 Å². The van der Waals surface area contributed by atoms with Crippen molar-refractivity contribution < 1.29 is 14.6 Å². The Kier molecular flexibility index (Phi) is 4.99. The van der Waals surface area contributed by atoms with Gasteiger partial charge in [0.2, 0.25) is 0 Å². The quantitative estimate of drug-likeness (QED) is 0.731. The molecule has 0 amide bonds. The molecule has 0 spiro atoms. The summed E-state index contributed by atoms with van der Waals surface area (Å²) in [7, 11) is 0. The number of ether oxygens (including phenoxy) is 2. The van der Waals surface area contributed by atoms with E-state index in [4.69, 9.17) is 15.2 Å². The molecular weight excluding hydrogens is 230 g/mol. The Morgan fingerprint density at radius 1 is 1.33 bits per heavy atom. The molecule has 1 aliphatic rings. The first kappa shape index (κ1) is 13.3. The van der Waals surface area contributed by atoms with Crippen molar-refractivity contribution in [2.24, 2.45) is 11.7 Å². The summed E-state index contributed by atoms with van der Waals surface area (Å²) >= 11 is 0. The Balaban J connectivity index is 1.65. The molecule has 1 saturated carbocycles. The molecule has 0 aliphatic heterocycles. The molecule has 100 valence electrons. The fourth-order valence-electron chi connectivity index (χ4n) is 1.66. The predicted octanol–water partition coefficient (Wildman–Crippen LogP) is 1.31. The van der Waals surface area contributed by atoms with Gasteiger partial charge in [0, 0.05) is 13.2 Å². The number of aliphatic hydroxyl groups excluding tert-OH is 1. The molecule has 0 heterocycles. The second-order valence-electron chi connectivity index (χ2n) is 4.80. The van der Waals surface area contributed by atoms with Gasteiger partial charge in [-0.05, 0) is 36.5 Å². The molecule has 4 heteroatoms. The zero-order valence-electron chi connectivity index (χ0n) is 10.5. The monoisotopic (exact) mass is 251 g/mol. The Labute approximate surface area is 108 Å². The maximum absolute atomic E-state index is 9.70. The number of hydrogen-bond donors (Lipinski definition) is 2. The predicted molar refractivity (Wildman–Crippen MR) is 69.4 cm³/mol. The lowest BCUT2D eigenvalue weighted by Gasteiger charge is -2.13. The number of hydrogen-bond acceptors (Lipinski definition) is 4. The molecule has 1 atom stereocenters. The van der Waals surface area contributed by atoms with Crippen LogP contribution in [-0.2, 0) is 11.3 Å². The van der Waals surface area contributed by atoms with Crippen LogP contribution in [0.3, 0.4) is 0 Å². The average molecular weight is 251 g/mol. The highest BCUT2D eigenvalue weighted by Gasteiger charge is 2.21. The van der Waals surface area contributed by atoms with E-state index in [-0.39, 0.29) is 6.61 Å². The van der Waals surface area contributed by atoms with Crippen molar-refractivity contribution in [3.8, 4) is 5.75 Å². The number of benzene rings is 1. The largest absolute Gasteiger partial charge is 0.491 e. The van der Waals surface area contributed by atoms with E-state index in [1.54, 1.807) is 0 Å². The SMILES string of the molecule is NCc1cccc(OCC(O)COCC2CC2)c1. The van der Waals surface area contributed by atoms with Gasteiger partial charge in [-0.25, -0.2) is 0 Å². The molecule has 18 heavy (non-hydrogen) atoms. The van der Waals surface area contributed by atoms with Crippen LogP contribution in [0, 0.1) is 5.92 Å². The van der Waals surface area contributed by atoms with Crippen LogP contribution < -0.4 is 10.5 Å². The molecule has 4 nitrogen and oxygen atoms in total. The van der Waals surface area contributed by atoms with Crippen molar-refractivity contribution in [3.63, 3.8) is 0 Å². The lowest BCUT2D eigenvalue weighted by Crippen LogP contribution is -2.24. The third kappa shape index (κ3) is 4.64. The first-order valence-electron chi connectivity index (χ1n) is 6.45. The van der Waals surface area contributed by atoms with E-state index in [9.17, 15) is 5.11 Å². The number of nitrogens with two attached hydrogens (primary N) is 1. The topological polar surface area (TPSA) is 64.7 Å². The Bertz CT molecular complexity index is 366. The summed E-state index contributed by atoms with van der Waals surface area (Å²) in [6.45, 7) is 1.84. The van der Waals surface area contributed by atoms with Crippen molar-refractivity contribution in [3.05, 3.63) is 29.8 Å². The lowest BCUT2D eigenvalue weighted by molar-refractivity contribution is 0.00870. The molecule has 2 rings (SSSR count). The summed E-state index contributed by atoms with van der Waals surface area (Å²) in [5.41, 5.74) is 6.57. The van der Waals surface area contributed by atoms with E-state index in [1.807, 2.05) is 24.3 Å². The van der Waals surface area contributed by atoms with Gasteiger partial charge in [-0.3, -0.25) is 0 Å². The third-order valence-corrected chi connectivity index (χ3v) is 2.94. The van der Waals surface area contributed by atoms with E-state index < -0.39 is 6.10 Å². The van der Waals surface area contributed by atoms with Gasteiger partial charge in [-0.15, -0.1) is 0 Å². The molecule has 1 unspecified atom stereocenters. The van der Waals surface area contributed by atoms with Crippen molar-refractivity contribution in [2.75, 3.05) is 19.8 Å². The minimum Gasteiger partial charge on any atom is -0.491 e. The van der Waals surface area contributed by atoms with Gasteiger partial charge >= 0.3 is 0 Å². The van der Waals surface area contributed by atoms with E-state index in [0.29, 0.717) is 13.2 Å². The molecule has 0 saturated heterocycles. The van der Waals surface area contributed by atoms with Gasteiger partial charge in [-0.1, -0.05) is 12.1 Å². The molecule has 0 radical (unpaired) electrons. The highest BCUT2D eigenvalue weighted by atomic mass is 16.5. The highest BCUT2D eigenvalue weighted by molar-refractivity contribution is 5.28. The van der Waals surface area contributed by atoms with E-state index in [0.717, 1.165) is 23.8 Å². The third-order valence-electron chi connectivity index (χ3n) is 2.94. The molecule has 1 fully saturated rings. The van der Waals surface area contributed by atoms with Crippen molar-refractivity contribution >= 4 is 0 Å². The van der Waals surface area contributed by atoms with Crippen molar-refractivity contribution in [1.29, 1.82) is 0 Å². The van der Waals surface area contributed by atoms with E-state index >= 15 is 0 Å². The Morgan fingerprint density at radius 3 is 2.89 bits per heavy atom. The maximum Gasteiger partial charge on any atom is 0.119 e. The standard InChI is InChI=1S/C14H21NO3/c15-7-12-2-1-3-14(6-12)18-10-13(16)9-17-8-11-4-5-11/h1-3,6,11,13,16H,4-5,7-10,15H2. The van der Waals surface area contributed by atoms with Crippen LogP contribution in [0.2, 0.25) is 0 Å². The van der Waals surface area contributed by atoms with Gasteiger partial charge in [0.15, 0.2) is 0 Å². The summed E-state index contributed by atoms with van der Waals surface area (Å²) in [4.78, 5) is 0. The molecular formula is C14H21NO3. The summed E-state index contributed by atoms with van der Waals surface area (Å²) in [5.74, 6) is 1.46. The minimum atomic E-state index is -0.578. The molecule has 0 aromatic heterocycles. The van der Waals surface area contributed by atoms with Crippen LogP contribution in [-0.4, -0.2) is 31.0 Å². The summed E-state index contributed by atoms with van der Waals surface area (Å²) in [5, 5.41) is 9.70. The van der Waals surface area contributed by atoms with Gasteiger partial charge < -0.3 is 20.3 Å². The van der Waals surface area contributed by atoms with Crippen LogP contribution in [0.15, 0.2) is 24.3 Å². The molecule has 1 aliphatic carbocycles. The zero-order valence-corrected chi connectivity index (χ0v) is 10.5. The van der Waals surface area contributed by atoms with Crippen LogP contribution in [0.1, 0.15) is 18.4 Å². The van der Waals surface area contributed by atoms with Crippen LogP contribution in [0.5, 0.6) is 5.75 Å². The number of rotatable bonds is 8. The summed E-state index contributed by atoms with van der Waals surface area (Å²) < 4.78 is 10.9. The molecule has 0 bridgehead atoms. The molecule has 1 aromatic rings. The van der Waals surface area contributed by atoms with Crippen molar-refractivity contribution in [2.45, 2.75) is 25.5 Å². The van der Waals surface area contributed by atoms with Crippen LogP contribution >= 0.6 is 0 Å². The maximum atomic E-state index is 9.70. The van der Waals surface area contributed by atoms with Crippen LogP contribution in [0.25, 0.3) is 0 Å². The molecule has 3 N–H and O–H groups in total. The average Bonchev–Trinajstić information content (AvgIpc) is 3.21. The van der Waals surface area contributed by atoms with Gasteiger partial charge in [0.25, 0.3) is 0 Å². The smallest absolute Gasteiger partial charge is 0.119 e. The van der Waals surface area contributed by atoms with Gasteiger partial charge in [-0.2, -0.15) is 0 Å². The number of aliphatic hydroxyl groups is 1. The summed E-state index contributed by atoms with van der Waals surface area (Å²) in [6, 6.07) is 7.59. The fraction of sp³-hybridized carbons (Fsp3) is 0.571. The van der Waals surface area contributed by atoms with Gasteiger partial charge in [0.1, 0.15) is 18.5 Å². The minimum absolute atomic E-state index is 0.249. The summed E-state index contributed by atoms with van der Waals surface area (Å²) in [6.07, 6.45) is 1.95. The Morgan fingerprint density at radius 2 is 2.17 bits per heavy atom. The first-order valence-corrected chi connectivity index (χ1v) is 6.45. The van der Waals surface area contributed by atoms with E-state index in [2.05, 4.69) is 0 Å². The Hall–Kier alpha value is -1.10. The van der Waals surface area contributed by atoms with Gasteiger partial charge in [0.05, 0.1) is 6.61 Å².